The van der Waals surface area contributed by atoms with E-state index in [4.69, 9.17) is 9.47 Å². The Hall–Kier alpha value is -1.03. The predicted molar refractivity (Wildman–Crippen MR) is 52.8 cm³/mol. The van der Waals surface area contributed by atoms with Crippen molar-refractivity contribution in [2.45, 2.75) is 13.8 Å². The maximum absolute atomic E-state index is 11.3. The quantitative estimate of drug-likeness (QED) is 0.497. The summed E-state index contributed by atoms with van der Waals surface area (Å²) in [5, 5.41) is 0. The van der Waals surface area contributed by atoms with E-state index in [1.54, 1.807) is 13.8 Å². The van der Waals surface area contributed by atoms with Crippen LogP contribution < -0.4 is 0 Å². The minimum absolute atomic E-state index is 0.237. The van der Waals surface area contributed by atoms with E-state index in [1.165, 1.54) is 0 Å². The Morgan fingerprint density at radius 2 is 2.14 bits per heavy atom. The van der Waals surface area contributed by atoms with Gasteiger partial charge in [0.15, 0.2) is 0 Å². The highest BCUT2D eigenvalue weighted by molar-refractivity contribution is 5.87. The van der Waals surface area contributed by atoms with E-state index in [9.17, 15) is 4.79 Å². The topological polar surface area (TPSA) is 38.8 Å². The van der Waals surface area contributed by atoms with Crippen molar-refractivity contribution in [2.75, 3.05) is 32.9 Å². The Kier molecular flexibility index (Phi) is 4.46. The second kappa shape index (κ2) is 5.65. The summed E-state index contributed by atoms with van der Waals surface area (Å²) in [6.45, 7) is 7.15. The van der Waals surface area contributed by atoms with Crippen LogP contribution in [-0.4, -0.2) is 43.8 Å². The lowest BCUT2D eigenvalue weighted by molar-refractivity contribution is -0.138. The van der Waals surface area contributed by atoms with Gasteiger partial charge in [-0.25, -0.2) is 4.79 Å². The minimum atomic E-state index is -0.237. The Morgan fingerprint density at radius 1 is 1.50 bits per heavy atom. The molecule has 0 saturated carbocycles. The molecule has 80 valence electrons. The Labute approximate surface area is 84.5 Å². The van der Waals surface area contributed by atoms with Gasteiger partial charge in [-0.05, 0) is 13.8 Å². The van der Waals surface area contributed by atoms with E-state index < -0.39 is 0 Å². The first kappa shape index (κ1) is 11.0. The highest BCUT2D eigenvalue weighted by atomic mass is 16.5. The van der Waals surface area contributed by atoms with Crippen molar-refractivity contribution < 1.29 is 14.3 Å². The molecule has 0 unspecified atom stereocenters. The Morgan fingerprint density at radius 3 is 2.71 bits per heavy atom. The number of carbonyl (C=O) groups excluding carboxylic acids is 1. The van der Waals surface area contributed by atoms with E-state index in [0.717, 1.165) is 26.3 Å². The molecule has 0 amide bonds. The third-order valence-electron chi connectivity index (χ3n) is 2.02. The van der Waals surface area contributed by atoms with E-state index in [2.05, 4.69) is 4.90 Å². The molecule has 0 aromatic carbocycles. The second-order valence-corrected chi connectivity index (χ2v) is 3.18. The zero-order valence-corrected chi connectivity index (χ0v) is 8.78. The predicted octanol–water partition coefficient (Wildman–Crippen LogP) is 0.786. The normalized spacial score (nSPS) is 18.1. The summed E-state index contributed by atoms with van der Waals surface area (Å²) in [6.07, 6.45) is 1.85. The first-order valence-electron chi connectivity index (χ1n) is 4.91. The largest absolute Gasteiger partial charge is 0.463 e. The maximum Gasteiger partial charge on any atom is 0.335 e. The molecule has 14 heavy (non-hydrogen) atoms. The smallest absolute Gasteiger partial charge is 0.335 e. The summed E-state index contributed by atoms with van der Waals surface area (Å²) in [5.41, 5.74) is 0.647. The first-order valence-corrected chi connectivity index (χ1v) is 4.91. The summed E-state index contributed by atoms with van der Waals surface area (Å²) < 4.78 is 10.1. The molecule has 1 rings (SSSR count). The summed E-state index contributed by atoms with van der Waals surface area (Å²) in [5.74, 6) is -0.237. The van der Waals surface area contributed by atoms with Gasteiger partial charge in [0.25, 0.3) is 0 Å². The lowest BCUT2D eigenvalue weighted by atomic mass is 10.3. The Balaban J connectivity index is 2.44. The van der Waals surface area contributed by atoms with Gasteiger partial charge in [0.1, 0.15) is 0 Å². The van der Waals surface area contributed by atoms with E-state index in [1.807, 2.05) is 6.20 Å². The fourth-order valence-electron chi connectivity index (χ4n) is 1.28. The van der Waals surface area contributed by atoms with Crippen LogP contribution in [0.15, 0.2) is 11.8 Å². The molecule has 1 heterocycles. The lowest BCUT2D eigenvalue weighted by Crippen LogP contribution is -2.32. The molecule has 1 fully saturated rings. The van der Waals surface area contributed by atoms with Crippen LogP contribution >= 0.6 is 0 Å². The maximum atomic E-state index is 11.3. The molecule has 0 atom stereocenters. The molecule has 0 radical (unpaired) electrons. The Bertz CT molecular complexity index is 219. The number of carbonyl (C=O) groups is 1. The van der Waals surface area contributed by atoms with Gasteiger partial charge in [-0.2, -0.15) is 0 Å². The number of hydrogen-bond donors (Lipinski definition) is 0. The molecule has 1 saturated heterocycles. The van der Waals surface area contributed by atoms with Gasteiger partial charge in [0, 0.05) is 24.9 Å². The van der Waals surface area contributed by atoms with Gasteiger partial charge < -0.3 is 14.4 Å². The van der Waals surface area contributed by atoms with Crippen LogP contribution in [0.3, 0.4) is 0 Å². The van der Waals surface area contributed by atoms with Crippen molar-refractivity contribution in [1.29, 1.82) is 0 Å². The molecule has 0 N–H and O–H groups in total. The fraction of sp³-hybridized carbons (Fsp3) is 0.700. The van der Waals surface area contributed by atoms with Crippen molar-refractivity contribution in [1.82, 2.24) is 4.90 Å². The van der Waals surface area contributed by atoms with Crippen molar-refractivity contribution in [3.63, 3.8) is 0 Å². The molecule has 0 spiro atoms. The van der Waals surface area contributed by atoms with Crippen molar-refractivity contribution >= 4 is 5.97 Å². The van der Waals surface area contributed by atoms with E-state index in [0.29, 0.717) is 12.2 Å². The van der Waals surface area contributed by atoms with Crippen LogP contribution in [0.1, 0.15) is 13.8 Å². The van der Waals surface area contributed by atoms with Crippen LogP contribution in [0.4, 0.5) is 0 Å². The van der Waals surface area contributed by atoms with Gasteiger partial charge in [0.2, 0.25) is 0 Å². The molecular weight excluding hydrogens is 182 g/mol. The molecule has 4 heteroatoms. The SMILES string of the molecule is CCOC(=O)/C(C)=C/N1CCOCC1. The van der Waals surface area contributed by atoms with Crippen molar-refractivity contribution in [3.8, 4) is 0 Å². The third kappa shape index (κ3) is 3.38. The molecule has 1 aliphatic heterocycles. The highest BCUT2D eigenvalue weighted by Gasteiger charge is 2.10. The second-order valence-electron chi connectivity index (χ2n) is 3.18. The number of ether oxygens (including phenoxy) is 2. The lowest BCUT2D eigenvalue weighted by Gasteiger charge is -2.25. The molecular formula is C10H17NO3. The van der Waals surface area contributed by atoms with Crippen LogP contribution in [0.2, 0.25) is 0 Å². The molecule has 0 aromatic heterocycles. The monoisotopic (exact) mass is 199 g/mol. The van der Waals surface area contributed by atoms with E-state index in [-0.39, 0.29) is 5.97 Å². The average molecular weight is 199 g/mol. The number of rotatable bonds is 3. The van der Waals surface area contributed by atoms with Crippen LogP contribution in [0.5, 0.6) is 0 Å². The number of esters is 1. The van der Waals surface area contributed by atoms with Crippen LogP contribution in [0, 0.1) is 0 Å². The number of hydrogen-bond acceptors (Lipinski definition) is 4. The van der Waals surface area contributed by atoms with Crippen LogP contribution in [-0.2, 0) is 14.3 Å². The van der Waals surface area contributed by atoms with Gasteiger partial charge in [-0.15, -0.1) is 0 Å². The van der Waals surface area contributed by atoms with Gasteiger partial charge in [0.05, 0.1) is 19.8 Å². The minimum Gasteiger partial charge on any atom is -0.463 e. The van der Waals surface area contributed by atoms with Crippen molar-refractivity contribution in [2.24, 2.45) is 0 Å². The zero-order valence-electron chi connectivity index (χ0n) is 8.78. The van der Waals surface area contributed by atoms with Gasteiger partial charge in [-0.1, -0.05) is 0 Å². The molecule has 0 aliphatic carbocycles. The summed E-state index contributed by atoms with van der Waals surface area (Å²) in [6, 6.07) is 0. The molecule has 1 aliphatic rings. The summed E-state index contributed by atoms with van der Waals surface area (Å²) in [4.78, 5) is 13.3. The summed E-state index contributed by atoms with van der Waals surface area (Å²) in [7, 11) is 0. The highest BCUT2D eigenvalue weighted by Crippen LogP contribution is 2.03. The van der Waals surface area contributed by atoms with Crippen molar-refractivity contribution in [3.05, 3.63) is 11.8 Å². The number of morpholine rings is 1. The first-order chi connectivity index (χ1) is 6.74. The van der Waals surface area contributed by atoms with Gasteiger partial charge >= 0.3 is 5.97 Å². The molecule has 0 bridgehead atoms. The van der Waals surface area contributed by atoms with Gasteiger partial charge in [-0.3, -0.25) is 0 Å². The average Bonchev–Trinajstić information content (AvgIpc) is 2.19. The molecule has 4 nitrogen and oxygen atoms in total. The van der Waals surface area contributed by atoms with Crippen LogP contribution in [0.25, 0.3) is 0 Å². The summed E-state index contributed by atoms with van der Waals surface area (Å²) >= 11 is 0. The fourth-order valence-corrected chi connectivity index (χ4v) is 1.28. The third-order valence-corrected chi connectivity index (χ3v) is 2.02. The number of nitrogens with zero attached hydrogens (tertiary/aromatic N) is 1. The standard InChI is InChI=1S/C10H17NO3/c1-3-14-10(12)9(2)8-11-4-6-13-7-5-11/h8H,3-7H2,1-2H3/b9-8+. The molecule has 0 aromatic rings. The van der Waals surface area contributed by atoms with E-state index >= 15 is 0 Å². The zero-order chi connectivity index (χ0) is 10.4.